The highest BCUT2D eigenvalue weighted by molar-refractivity contribution is 7.90. The predicted octanol–water partition coefficient (Wildman–Crippen LogP) is 0.205. The summed E-state index contributed by atoms with van der Waals surface area (Å²) in [7, 11) is -3.31. The minimum absolute atomic E-state index is 0.340. The predicted molar refractivity (Wildman–Crippen MR) is 46.1 cm³/mol. The van der Waals surface area contributed by atoms with Crippen LogP contribution in [0.2, 0.25) is 0 Å². The van der Waals surface area contributed by atoms with E-state index in [9.17, 15) is 21.6 Å². The molecule has 0 radical (unpaired) electrons. The summed E-state index contributed by atoms with van der Waals surface area (Å²) in [6.45, 7) is 0. The zero-order valence-corrected chi connectivity index (χ0v) is 8.45. The third kappa shape index (κ3) is 8.27. The summed E-state index contributed by atoms with van der Waals surface area (Å²) in [4.78, 5) is 0. The van der Waals surface area contributed by atoms with E-state index in [-0.39, 0.29) is 12.2 Å². The van der Waals surface area contributed by atoms with E-state index in [0.717, 1.165) is 6.26 Å². The van der Waals surface area contributed by atoms with E-state index in [1.54, 1.807) is 0 Å². The molecule has 1 unspecified atom stereocenters. The standard InChI is InChI=1S/C6H13F3N2O2S/c1-14(12,13)4-5(11-10)2-3-6(7,8)9/h5,11H,2-4,10H2,1H3. The van der Waals surface area contributed by atoms with Crippen molar-refractivity contribution in [3.8, 4) is 0 Å². The Balaban J connectivity index is 4.06. The lowest BCUT2D eigenvalue weighted by Crippen LogP contribution is -2.40. The monoisotopic (exact) mass is 234 g/mol. The Labute approximate surface area is 80.5 Å². The summed E-state index contributed by atoms with van der Waals surface area (Å²) >= 11 is 0. The number of sulfone groups is 1. The molecular weight excluding hydrogens is 221 g/mol. The molecule has 0 aliphatic rings. The maximum atomic E-state index is 11.8. The zero-order chi connectivity index (χ0) is 11.4. The minimum Gasteiger partial charge on any atom is -0.271 e. The van der Waals surface area contributed by atoms with Crippen molar-refractivity contribution in [2.24, 2.45) is 5.84 Å². The Hall–Kier alpha value is -0.340. The van der Waals surface area contributed by atoms with E-state index in [1.807, 2.05) is 0 Å². The average molecular weight is 234 g/mol. The molecule has 86 valence electrons. The van der Waals surface area contributed by atoms with Crippen LogP contribution in [0.3, 0.4) is 0 Å². The Bertz CT molecular complexity index is 263. The SMILES string of the molecule is CS(=O)(=O)CC(CCC(F)(F)F)NN. The highest BCUT2D eigenvalue weighted by atomic mass is 32.2. The van der Waals surface area contributed by atoms with E-state index in [0.29, 0.717) is 0 Å². The van der Waals surface area contributed by atoms with E-state index in [4.69, 9.17) is 5.84 Å². The van der Waals surface area contributed by atoms with Crippen LogP contribution in [0.1, 0.15) is 12.8 Å². The topological polar surface area (TPSA) is 72.2 Å². The van der Waals surface area contributed by atoms with Crippen LogP contribution in [0.25, 0.3) is 0 Å². The number of hydrogen-bond donors (Lipinski definition) is 2. The number of halogens is 3. The number of nitrogens with one attached hydrogen (secondary N) is 1. The third-order valence-corrected chi connectivity index (χ3v) is 2.52. The smallest absolute Gasteiger partial charge is 0.271 e. The molecule has 0 aromatic heterocycles. The summed E-state index contributed by atoms with van der Waals surface area (Å²) in [6, 6.07) is -0.855. The van der Waals surface area contributed by atoms with Crippen molar-refractivity contribution < 1.29 is 21.6 Å². The molecule has 0 aromatic carbocycles. The molecule has 1 atom stereocenters. The Morgan fingerprint density at radius 3 is 2.21 bits per heavy atom. The fourth-order valence-corrected chi connectivity index (χ4v) is 1.91. The largest absolute Gasteiger partial charge is 0.389 e. The van der Waals surface area contributed by atoms with Crippen molar-refractivity contribution in [2.75, 3.05) is 12.0 Å². The second-order valence-corrected chi connectivity index (χ2v) is 5.29. The van der Waals surface area contributed by atoms with E-state index in [2.05, 4.69) is 5.43 Å². The van der Waals surface area contributed by atoms with Gasteiger partial charge < -0.3 is 0 Å². The molecule has 0 aliphatic heterocycles. The first-order chi connectivity index (χ1) is 6.14. The number of alkyl halides is 3. The Morgan fingerprint density at radius 2 is 1.93 bits per heavy atom. The number of hydrazine groups is 1. The van der Waals surface area contributed by atoms with Gasteiger partial charge in [0.05, 0.1) is 5.75 Å². The highest BCUT2D eigenvalue weighted by Crippen LogP contribution is 2.22. The van der Waals surface area contributed by atoms with Gasteiger partial charge in [0.15, 0.2) is 0 Å². The fraction of sp³-hybridized carbons (Fsp3) is 1.00. The van der Waals surface area contributed by atoms with Crippen LogP contribution in [-0.2, 0) is 9.84 Å². The number of hydrogen-bond acceptors (Lipinski definition) is 4. The molecule has 4 nitrogen and oxygen atoms in total. The van der Waals surface area contributed by atoms with Crippen LogP contribution in [0, 0.1) is 0 Å². The molecule has 0 saturated carbocycles. The summed E-state index contributed by atoms with van der Waals surface area (Å²) in [5, 5.41) is 0. The van der Waals surface area contributed by atoms with Gasteiger partial charge >= 0.3 is 6.18 Å². The van der Waals surface area contributed by atoms with Crippen LogP contribution < -0.4 is 11.3 Å². The van der Waals surface area contributed by atoms with E-state index in [1.165, 1.54) is 0 Å². The van der Waals surface area contributed by atoms with Crippen LogP contribution in [0.5, 0.6) is 0 Å². The first kappa shape index (κ1) is 13.7. The fourth-order valence-electron chi connectivity index (χ4n) is 0.918. The molecule has 0 bridgehead atoms. The third-order valence-electron chi connectivity index (χ3n) is 1.52. The lowest BCUT2D eigenvalue weighted by atomic mass is 10.2. The van der Waals surface area contributed by atoms with Gasteiger partial charge in [-0.1, -0.05) is 0 Å². The zero-order valence-electron chi connectivity index (χ0n) is 7.63. The molecule has 0 heterocycles. The lowest BCUT2D eigenvalue weighted by Gasteiger charge is -2.15. The normalized spacial score (nSPS) is 15.5. The van der Waals surface area contributed by atoms with Crippen molar-refractivity contribution >= 4 is 9.84 Å². The van der Waals surface area contributed by atoms with Crippen molar-refractivity contribution in [1.82, 2.24) is 5.43 Å². The first-order valence-electron chi connectivity index (χ1n) is 3.84. The van der Waals surface area contributed by atoms with Crippen LogP contribution >= 0.6 is 0 Å². The van der Waals surface area contributed by atoms with Gasteiger partial charge in [-0.15, -0.1) is 0 Å². The number of nitrogens with two attached hydrogens (primary N) is 1. The molecule has 0 saturated heterocycles. The number of rotatable bonds is 5. The van der Waals surface area contributed by atoms with Gasteiger partial charge in [0.25, 0.3) is 0 Å². The molecule has 0 amide bonds. The molecule has 0 aromatic rings. The minimum atomic E-state index is -4.29. The van der Waals surface area contributed by atoms with Crippen LogP contribution in [-0.4, -0.2) is 32.6 Å². The molecule has 0 rings (SSSR count). The van der Waals surface area contributed by atoms with Crippen molar-refractivity contribution in [3.05, 3.63) is 0 Å². The molecule has 0 aliphatic carbocycles. The highest BCUT2D eigenvalue weighted by Gasteiger charge is 2.28. The van der Waals surface area contributed by atoms with Gasteiger partial charge in [-0.2, -0.15) is 13.2 Å². The van der Waals surface area contributed by atoms with E-state index < -0.39 is 28.5 Å². The molecule has 8 heteroatoms. The summed E-state index contributed by atoms with van der Waals surface area (Å²) in [5.74, 6) is 4.54. The summed E-state index contributed by atoms with van der Waals surface area (Å²) < 4.78 is 56.8. The van der Waals surface area contributed by atoms with E-state index >= 15 is 0 Å². The van der Waals surface area contributed by atoms with Crippen molar-refractivity contribution in [1.29, 1.82) is 0 Å². The van der Waals surface area contributed by atoms with Crippen molar-refractivity contribution in [2.45, 2.75) is 25.1 Å². The van der Waals surface area contributed by atoms with Gasteiger partial charge in [-0.3, -0.25) is 11.3 Å². The van der Waals surface area contributed by atoms with Gasteiger partial charge in [0.2, 0.25) is 0 Å². The van der Waals surface area contributed by atoms with Gasteiger partial charge in [-0.05, 0) is 6.42 Å². The van der Waals surface area contributed by atoms with Gasteiger partial charge in [-0.25, -0.2) is 8.42 Å². The van der Waals surface area contributed by atoms with Crippen LogP contribution in [0.15, 0.2) is 0 Å². The van der Waals surface area contributed by atoms with Crippen molar-refractivity contribution in [3.63, 3.8) is 0 Å². The first-order valence-corrected chi connectivity index (χ1v) is 5.91. The summed E-state index contributed by atoms with van der Waals surface area (Å²) in [5.41, 5.74) is 2.05. The molecule has 0 fully saturated rings. The Kier molecular flexibility index (Phi) is 4.82. The quantitative estimate of drug-likeness (QED) is 0.526. The van der Waals surface area contributed by atoms with Gasteiger partial charge in [0, 0.05) is 18.7 Å². The molecule has 3 N–H and O–H groups in total. The molecule has 0 spiro atoms. The molecule has 14 heavy (non-hydrogen) atoms. The second kappa shape index (κ2) is 4.94. The lowest BCUT2D eigenvalue weighted by molar-refractivity contribution is -0.136. The molecular formula is C6H13F3N2O2S. The van der Waals surface area contributed by atoms with Gasteiger partial charge in [0.1, 0.15) is 9.84 Å². The Morgan fingerprint density at radius 1 is 1.43 bits per heavy atom. The maximum absolute atomic E-state index is 11.8. The second-order valence-electron chi connectivity index (χ2n) is 3.11. The maximum Gasteiger partial charge on any atom is 0.389 e. The average Bonchev–Trinajstić information content (AvgIpc) is 1.94. The van der Waals surface area contributed by atoms with Crippen LogP contribution in [0.4, 0.5) is 13.2 Å². The summed E-state index contributed by atoms with van der Waals surface area (Å²) in [6.07, 6.45) is -4.72.